The van der Waals surface area contributed by atoms with E-state index in [1.54, 1.807) is 36.8 Å². The summed E-state index contributed by atoms with van der Waals surface area (Å²) < 4.78 is 66.4. The Balaban J connectivity index is 0.000000606. The highest BCUT2D eigenvalue weighted by Gasteiger charge is 2.48. The number of nitrogens with one attached hydrogen (secondary N) is 2. The number of amides is 2. The average molecular weight is 744 g/mol. The van der Waals surface area contributed by atoms with Crippen molar-refractivity contribution in [1.82, 2.24) is 29.3 Å². The van der Waals surface area contributed by atoms with E-state index in [-0.39, 0.29) is 33.3 Å². The normalized spacial score (nSPS) is 18.9. The zero-order valence-electron chi connectivity index (χ0n) is 25.5. The Labute approximate surface area is 286 Å². The van der Waals surface area contributed by atoms with Crippen molar-refractivity contribution in [2.75, 3.05) is 29.9 Å². The van der Waals surface area contributed by atoms with Gasteiger partial charge in [0.2, 0.25) is 5.95 Å². The summed E-state index contributed by atoms with van der Waals surface area (Å²) >= 11 is 7.85. The fourth-order valence-corrected chi connectivity index (χ4v) is 7.43. The number of carboxylic acids is 1. The standard InChI is InChI=1S/C26H28ClN9O4S2.C2HF3O2/c1-16-21(28)26(14-40-16)8-11-35(12-9-26)25-30-13-19(23-33-31-15-36(23)25)41-18-7-10-29-22(20(18)27)32-24(37)34-42(38,39)17-5-3-2-4-6-17;3-2(4,5)1(6)7/h2-7,10,13,15-16,21H,8-9,11-12,14,28H2,1H3,(H2,29,32,34,37);(H,6,7)/t16-,21+;/m0./s1. The largest absolute Gasteiger partial charge is 0.490 e. The number of aromatic nitrogens is 5. The Kier molecular flexibility index (Phi) is 10.5. The van der Waals surface area contributed by atoms with Crippen LogP contribution in [0.15, 0.2) is 69.8 Å². The highest BCUT2D eigenvalue weighted by molar-refractivity contribution is 7.99. The van der Waals surface area contributed by atoms with Crippen LogP contribution in [0.2, 0.25) is 5.02 Å². The predicted octanol–water partition coefficient (Wildman–Crippen LogP) is 3.80. The monoisotopic (exact) mass is 743 g/mol. The number of sulfonamides is 1. The minimum Gasteiger partial charge on any atom is -0.475 e. The first kappa shape index (κ1) is 36.1. The minimum atomic E-state index is -5.08. The molecule has 2 fully saturated rings. The van der Waals surface area contributed by atoms with Crippen LogP contribution in [0.3, 0.4) is 0 Å². The molecular formula is C28H29ClF3N9O6S2. The number of nitrogens with zero attached hydrogens (tertiary/aromatic N) is 6. The number of urea groups is 1. The average Bonchev–Trinajstić information content (AvgIpc) is 3.66. The molecule has 2 saturated heterocycles. The molecule has 2 amide bonds. The van der Waals surface area contributed by atoms with Crippen molar-refractivity contribution < 1.29 is 41.0 Å². The second-order valence-corrected chi connectivity index (χ2v) is 14.2. The zero-order chi connectivity index (χ0) is 35.6. The van der Waals surface area contributed by atoms with Gasteiger partial charge in [-0.05, 0) is 38.0 Å². The van der Waals surface area contributed by atoms with Crippen molar-refractivity contribution >= 4 is 62.8 Å². The molecule has 4 aromatic rings. The number of fused-ring (bicyclic) bond motifs is 1. The van der Waals surface area contributed by atoms with Crippen LogP contribution in [-0.4, -0.2) is 88.1 Å². The van der Waals surface area contributed by atoms with E-state index in [0.29, 0.717) is 22.0 Å². The van der Waals surface area contributed by atoms with Gasteiger partial charge in [0.15, 0.2) is 11.5 Å². The molecule has 3 aromatic heterocycles. The summed E-state index contributed by atoms with van der Waals surface area (Å²) in [4.78, 5) is 33.6. The molecule has 0 radical (unpaired) electrons. The van der Waals surface area contributed by atoms with Gasteiger partial charge in [-0.15, -0.1) is 10.2 Å². The summed E-state index contributed by atoms with van der Waals surface area (Å²) in [5.41, 5.74) is 7.07. The number of benzene rings is 1. The third kappa shape index (κ3) is 7.99. The van der Waals surface area contributed by atoms with Crippen LogP contribution in [0.5, 0.6) is 0 Å². The van der Waals surface area contributed by atoms with Gasteiger partial charge in [-0.25, -0.2) is 37.1 Å². The molecule has 5 N–H and O–H groups in total. The van der Waals surface area contributed by atoms with Crippen molar-refractivity contribution in [3.63, 3.8) is 0 Å². The Morgan fingerprint density at radius 3 is 2.43 bits per heavy atom. The summed E-state index contributed by atoms with van der Waals surface area (Å²) in [6, 6.07) is 8.25. The first-order valence-corrected chi connectivity index (χ1v) is 17.1. The van der Waals surface area contributed by atoms with Gasteiger partial charge in [0.25, 0.3) is 10.0 Å². The number of anilines is 2. The molecule has 5 heterocycles. The Morgan fingerprint density at radius 1 is 1.14 bits per heavy atom. The molecule has 0 bridgehead atoms. The number of piperidine rings is 1. The lowest BCUT2D eigenvalue weighted by Crippen LogP contribution is -2.51. The molecule has 2 atom stereocenters. The van der Waals surface area contributed by atoms with E-state index in [4.69, 9.17) is 37.0 Å². The van der Waals surface area contributed by atoms with E-state index in [2.05, 4.69) is 25.4 Å². The topological polar surface area (TPSA) is 207 Å². The number of hydrogen-bond donors (Lipinski definition) is 4. The maximum Gasteiger partial charge on any atom is 0.490 e. The fraction of sp³-hybridized carbons (Fsp3) is 0.357. The van der Waals surface area contributed by atoms with E-state index in [0.717, 1.165) is 31.9 Å². The maximum atomic E-state index is 12.5. The van der Waals surface area contributed by atoms with Crippen LogP contribution in [0.1, 0.15) is 19.8 Å². The second-order valence-electron chi connectivity index (χ2n) is 11.1. The Hall–Kier alpha value is -4.24. The predicted molar refractivity (Wildman–Crippen MR) is 171 cm³/mol. The number of nitrogens with two attached hydrogens (primary N) is 1. The number of alkyl halides is 3. The number of halogens is 4. The third-order valence-electron chi connectivity index (χ3n) is 8.00. The zero-order valence-corrected chi connectivity index (χ0v) is 27.9. The van der Waals surface area contributed by atoms with Gasteiger partial charge in [0, 0.05) is 41.8 Å². The summed E-state index contributed by atoms with van der Waals surface area (Å²) in [6.07, 6.45) is 1.58. The highest BCUT2D eigenvalue weighted by Crippen LogP contribution is 2.42. The smallest absolute Gasteiger partial charge is 0.475 e. The molecule has 21 heteroatoms. The number of hydrogen-bond acceptors (Lipinski definition) is 12. The first-order valence-electron chi connectivity index (χ1n) is 14.4. The molecule has 6 rings (SSSR count). The summed E-state index contributed by atoms with van der Waals surface area (Å²) in [7, 11) is -4.08. The lowest BCUT2D eigenvalue weighted by atomic mass is 9.73. The number of ether oxygens (including phenoxy) is 1. The van der Waals surface area contributed by atoms with Crippen LogP contribution in [0.4, 0.5) is 29.7 Å². The molecule has 2 aliphatic rings. The van der Waals surface area contributed by atoms with Gasteiger partial charge in [-0.3, -0.25) is 5.32 Å². The van der Waals surface area contributed by atoms with Crippen molar-refractivity contribution in [3.05, 3.63) is 60.1 Å². The van der Waals surface area contributed by atoms with Crippen molar-refractivity contribution in [2.24, 2.45) is 11.1 Å². The number of rotatable bonds is 6. The Morgan fingerprint density at radius 2 is 1.82 bits per heavy atom. The van der Waals surface area contributed by atoms with Crippen LogP contribution in [-0.2, 0) is 19.6 Å². The third-order valence-corrected chi connectivity index (χ3v) is 10.9. The van der Waals surface area contributed by atoms with Crippen molar-refractivity contribution in [2.45, 2.75) is 52.8 Å². The molecule has 15 nitrogen and oxygen atoms in total. The number of aliphatic carboxylic acids is 1. The Bertz CT molecular complexity index is 1940. The van der Waals surface area contributed by atoms with Crippen LogP contribution >= 0.6 is 23.4 Å². The van der Waals surface area contributed by atoms with Crippen molar-refractivity contribution in [3.8, 4) is 0 Å². The maximum absolute atomic E-state index is 12.5. The summed E-state index contributed by atoms with van der Waals surface area (Å²) in [5.74, 6) is -2.03. The van der Waals surface area contributed by atoms with Crippen LogP contribution in [0, 0.1) is 5.41 Å². The first-order chi connectivity index (χ1) is 23.1. The highest BCUT2D eigenvalue weighted by atomic mass is 35.5. The van der Waals surface area contributed by atoms with Gasteiger partial charge in [0.05, 0.1) is 27.5 Å². The van der Waals surface area contributed by atoms with E-state index in [9.17, 15) is 26.4 Å². The number of carbonyl (C=O) groups is 2. The molecule has 1 aromatic carbocycles. The molecule has 49 heavy (non-hydrogen) atoms. The van der Waals surface area contributed by atoms with Gasteiger partial charge in [-0.2, -0.15) is 13.2 Å². The molecule has 1 spiro atoms. The quantitative estimate of drug-likeness (QED) is 0.222. The van der Waals surface area contributed by atoms with Gasteiger partial charge in [0.1, 0.15) is 6.33 Å². The number of carboxylic acid groups (broad SMARTS) is 1. The number of carbonyl (C=O) groups excluding carboxylic acids is 1. The van der Waals surface area contributed by atoms with E-state index < -0.39 is 28.2 Å². The molecular weight excluding hydrogens is 715 g/mol. The van der Waals surface area contributed by atoms with E-state index in [1.165, 1.54) is 30.1 Å². The van der Waals surface area contributed by atoms with Gasteiger partial charge in [-0.1, -0.05) is 41.6 Å². The van der Waals surface area contributed by atoms with Crippen LogP contribution in [0.25, 0.3) is 5.65 Å². The lowest BCUT2D eigenvalue weighted by molar-refractivity contribution is -0.192. The van der Waals surface area contributed by atoms with Gasteiger partial charge >= 0.3 is 18.2 Å². The summed E-state index contributed by atoms with van der Waals surface area (Å²) in [6.45, 7) is 4.28. The minimum absolute atomic E-state index is 0.00448. The molecule has 0 unspecified atom stereocenters. The second kappa shape index (κ2) is 14.3. The molecule has 0 saturated carbocycles. The van der Waals surface area contributed by atoms with Gasteiger partial charge < -0.3 is 20.5 Å². The summed E-state index contributed by atoms with van der Waals surface area (Å²) in [5, 5.41) is 18.1. The number of pyridine rings is 1. The van der Waals surface area contributed by atoms with E-state index in [1.807, 2.05) is 16.0 Å². The SMILES string of the molecule is C[C@@H]1OCC2(CCN(c3ncc(Sc4ccnc(NC(=O)NS(=O)(=O)c5ccccc5)c4Cl)c4nncn34)CC2)[C@@H]1N.O=C(O)C(F)(F)F. The lowest BCUT2D eigenvalue weighted by Gasteiger charge is -2.41. The fourth-order valence-electron chi connectivity index (χ4n) is 5.34. The molecule has 262 valence electrons. The van der Waals surface area contributed by atoms with Crippen LogP contribution < -0.4 is 20.7 Å². The van der Waals surface area contributed by atoms with Crippen molar-refractivity contribution in [1.29, 1.82) is 0 Å². The van der Waals surface area contributed by atoms with E-state index >= 15 is 0 Å². The molecule has 0 aliphatic carbocycles. The molecule has 2 aliphatic heterocycles.